The second-order valence-corrected chi connectivity index (χ2v) is 5.32. The van der Waals surface area contributed by atoms with Crippen LogP contribution in [0.25, 0.3) is 0 Å². The van der Waals surface area contributed by atoms with E-state index in [9.17, 15) is 4.79 Å². The topological polar surface area (TPSA) is 45.8 Å². The molecule has 0 bridgehead atoms. The Morgan fingerprint density at radius 2 is 2.53 bits per heavy atom. The van der Waals surface area contributed by atoms with Crippen molar-refractivity contribution in [1.29, 1.82) is 5.26 Å². The Hall–Kier alpha value is -0.480. The number of nitrogens with zero attached hydrogens (tertiary/aromatic N) is 2. The number of thioether (sulfide) groups is 1. The van der Waals surface area contributed by atoms with Gasteiger partial charge >= 0.3 is 0 Å². The lowest BCUT2D eigenvalue weighted by Crippen LogP contribution is -2.17. The molecule has 0 fully saturated rings. The summed E-state index contributed by atoms with van der Waals surface area (Å²) in [6.45, 7) is 1.93. The first-order valence-corrected chi connectivity index (χ1v) is 7.05. The molecule has 15 heavy (non-hydrogen) atoms. The van der Waals surface area contributed by atoms with Crippen molar-refractivity contribution in [2.75, 3.05) is 10.2 Å². The molecule has 5 heteroatoms. The predicted molar refractivity (Wildman–Crippen MR) is 68.8 cm³/mol. The maximum atomic E-state index is 11.6. The van der Waals surface area contributed by atoms with Gasteiger partial charge in [0.2, 0.25) is 5.43 Å². The molecule has 0 spiro atoms. The van der Waals surface area contributed by atoms with Crippen LogP contribution in [0.15, 0.2) is 15.9 Å². The number of pyridine rings is 1. The Bertz CT molecular complexity index is 503. The van der Waals surface area contributed by atoms with Crippen LogP contribution >= 0.6 is 34.4 Å². The van der Waals surface area contributed by atoms with Gasteiger partial charge in [-0.05, 0) is 6.92 Å². The zero-order valence-electron chi connectivity index (χ0n) is 8.16. The van der Waals surface area contributed by atoms with Gasteiger partial charge in [-0.2, -0.15) is 5.26 Å². The fourth-order valence-electron chi connectivity index (χ4n) is 1.78. The van der Waals surface area contributed by atoms with E-state index in [1.807, 2.05) is 13.0 Å². The van der Waals surface area contributed by atoms with E-state index in [-0.39, 0.29) is 5.43 Å². The van der Waals surface area contributed by atoms with Crippen LogP contribution in [-0.2, 0) is 0 Å². The van der Waals surface area contributed by atoms with Gasteiger partial charge in [0, 0.05) is 21.9 Å². The van der Waals surface area contributed by atoms with Crippen molar-refractivity contribution in [3.8, 4) is 6.07 Å². The number of aromatic nitrogens is 1. The molecular formula is C10H9IN2OS. The van der Waals surface area contributed by atoms with Crippen molar-refractivity contribution in [3.63, 3.8) is 0 Å². The Morgan fingerprint density at radius 1 is 1.80 bits per heavy atom. The summed E-state index contributed by atoms with van der Waals surface area (Å²) in [6.07, 6.45) is 0. The number of alkyl halides is 1. The lowest BCUT2D eigenvalue weighted by Gasteiger charge is -2.15. The zero-order valence-corrected chi connectivity index (χ0v) is 11.1. The summed E-state index contributed by atoms with van der Waals surface area (Å²) in [5, 5.41) is 9.80. The van der Waals surface area contributed by atoms with Gasteiger partial charge in [0.25, 0.3) is 0 Å². The van der Waals surface area contributed by atoms with Crippen LogP contribution in [0, 0.1) is 18.3 Å². The summed E-state index contributed by atoms with van der Waals surface area (Å²) in [4.78, 5) is 11.6. The average Bonchev–Trinajstić information content (AvgIpc) is 2.62. The molecule has 2 heterocycles. The van der Waals surface area contributed by atoms with E-state index in [1.54, 1.807) is 17.8 Å². The van der Waals surface area contributed by atoms with Crippen molar-refractivity contribution in [2.45, 2.75) is 18.0 Å². The molecule has 78 valence electrons. The minimum atomic E-state index is -0.150. The summed E-state index contributed by atoms with van der Waals surface area (Å²) in [7, 11) is 0. The third-order valence-electron chi connectivity index (χ3n) is 2.47. The van der Waals surface area contributed by atoms with Crippen LogP contribution in [0.3, 0.4) is 0 Å². The quantitative estimate of drug-likeness (QED) is 0.585. The summed E-state index contributed by atoms with van der Waals surface area (Å²) in [5.41, 5.74) is 1.11. The molecule has 3 nitrogen and oxygen atoms in total. The minimum Gasteiger partial charge on any atom is -0.334 e. The number of halogens is 1. The van der Waals surface area contributed by atoms with Crippen LogP contribution in [0.2, 0.25) is 0 Å². The highest BCUT2D eigenvalue weighted by Crippen LogP contribution is 2.36. The molecule has 0 N–H and O–H groups in total. The number of nitriles is 1. The first kappa shape index (κ1) is 11.0. The standard InChI is InChI=1S/C10H9IN2OS/c1-6-2-9(14)8(4-12)10-13(6)7(3-11)5-15-10/h2,7H,3,5H2,1H3. The number of fused-ring (bicyclic) bond motifs is 1. The van der Waals surface area contributed by atoms with Gasteiger partial charge in [-0.15, -0.1) is 11.8 Å². The Kier molecular flexibility index (Phi) is 3.07. The van der Waals surface area contributed by atoms with Crippen molar-refractivity contribution in [1.82, 2.24) is 4.57 Å². The Morgan fingerprint density at radius 3 is 3.13 bits per heavy atom. The van der Waals surface area contributed by atoms with E-state index in [1.165, 1.54) is 0 Å². The van der Waals surface area contributed by atoms with Crippen LogP contribution in [0.1, 0.15) is 17.3 Å². The molecule has 0 amide bonds. The van der Waals surface area contributed by atoms with Gasteiger partial charge in [0.05, 0.1) is 11.1 Å². The molecular weight excluding hydrogens is 323 g/mol. The molecule has 2 rings (SSSR count). The van der Waals surface area contributed by atoms with Crippen molar-refractivity contribution >= 4 is 34.4 Å². The van der Waals surface area contributed by atoms with E-state index < -0.39 is 0 Å². The monoisotopic (exact) mass is 332 g/mol. The first-order valence-electron chi connectivity index (χ1n) is 4.54. The maximum absolute atomic E-state index is 11.6. The van der Waals surface area contributed by atoms with E-state index in [2.05, 4.69) is 27.2 Å². The summed E-state index contributed by atoms with van der Waals surface area (Å²) in [5.74, 6) is 0.960. The van der Waals surface area contributed by atoms with E-state index in [4.69, 9.17) is 5.26 Å². The van der Waals surface area contributed by atoms with E-state index in [0.717, 1.165) is 20.9 Å². The lowest BCUT2D eigenvalue weighted by molar-refractivity contribution is 0.577. The van der Waals surface area contributed by atoms with Gasteiger partial charge in [-0.3, -0.25) is 4.79 Å². The molecule has 0 aliphatic carbocycles. The molecule has 1 unspecified atom stereocenters. The van der Waals surface area contributed by atoms with Gasteiger partial charge in [-0.1, -0.05) is 22.6 Å². The number of aryl methyl sites for hydroxylation is 1. The second kappa shape index (κ2) is 4.18. The molecule has 1 aromatic rings. The van der Waals surface area contributed by atoms with E-state index in [0.29, 0.717) is 11.6 Å². The zero-order chi connectivity index (χ0) is 11.0. The molecule has 1 aromatic heterocycles. The van der Waals surface area contributed by atoms with Gasteiger partial charge in [0.15, 0.2) is 0 Å². The molecule has 1 atom stereocenters. The number of rotatable bonds is 1. The molecule has 0 radical (unpaired) electrons. The smallest absolute Gasteiger partial charge is 0.200 e. The highest BCUT2D eigenvalue weighted by molar-refractivity contribution is 14.1. The second-order valence-electron chi connectivity index (χ2n) is 3.43. The Balaban J connectivity index is 2.72. The average molecular weight is 332 g/mol. The predicted octanol–water partition coefficient (Wildman–Crippen LogP) is 2.11. The number of hydrogen-bond donors (Lipinski definition) is 0. The third kappa shape index (κ3) is 1.70. The highest BCUT2D eigenvalue weighted by Gasteiger charge is 2.26. The molecule has 1 aliphatic heterocycles. The minimum absolute atomic E-state index is 0.150. The van der Waals surface area contributed by atoms with Crippen molar-refractivity contribution in [2.24, 2.45) is 0 Å². The van der Waals surface area contributed by atoms with Crippen LogP contribution in [0.5, 0.6) is 0 Å². The summed E-state index contributed by atoms with van der Waals surface area (Å²) < 4.78 is 3.13. The largest absolute Gasteiger partial charge is 0.334 e. The SMILES string of the molecule is Cc1cc(=O)c(C#N)c2n1C(CI)CS2. The van der Waals surface area contributed by atoms with Crippen LogP contribution in [0.4, 0.5) is 0 Å². The molecule has 0 aromatic carbocycles. The lowest BCUT2D eigenvalue weighted by atomic mass is 10.2. The number of hydrogen-bond acceptors (Lipinski definition) is 3. The molecule has 0 saturated heterocycles. The maximum Gasteiger partial charge on any atom is 0.200 e. The first-order chi connectivity index (χ1) is 7.19. The fraction of sp³-hybridized carbons (Fsp3) is 0.400. The van der Waals surface area contributed by atoms with Crippen LogP contribution < -0.4 is 5.43 Å². The van der Waals surface area contributed by atoms with Crippen LogP contribution in [-0.4, -0.2) is 14.7 Å². The van der Waals surface area contributed by atoms with Crippen molar-refractivity contribution < 1.29 is 0 Å². The van der Waals surface area contributed by atoms with E-state index >= 15 is 0 Å². The normalized spacial score (nSPS) is 18.6. The van der Waals surface area contributed by atoms with Gasteiger partial charge in [0.1, 0.15) is 11.6 Å². The van der Waals surface area contributed by atoms with Gasteiger partial charge < -0.3 is 4.57 Å². The highest BCUT2D eigenvalue weighted by atomic mass is 127. The summed E-state index contributed by atoms with van der Waals surface area (Å²) in [6, 6.07) is 3.99. The molecule has 1 aliphatic rings. The Labute approximate surface area is 106 Å². The third-order valence-corrected chi connectivity index (χ3v) is 4.71. The molecule has 0 saturated carbocycles. The van der Waals surface area contributed by atoms with Crippen molar-refractivity contribution in [3.05, 3.63) is 27.5 Å². The van der Waals surface area contributed by atoms with Gasteiger partial charge in [-0.25, -0.2) is 0 Å². The fourth-order valence-corrected chi connectivity index (χ4v) is 4.25. The summed E-state index contributed by atoms with van der Waals surface area (Å²) >= 11 is 3.96.